The molecule has 0 saturated heterocycles. The number of aryl methyl sites for hydroxylation is 1. The van der Waals surface area contributed by atoms with Crippen molar-refractivity contribution in [1.82, 2.24) is 4.57 Å². The molecule has 0 aliphatic carbocycles. The van der Waals surface area contributed by atoms with Crippen molar-refractivity contribution in [3.05, 3.63) is 46.6 Å². The first-order valence-corrected chi connectivity index (χ1v) is 5.34. The van der Waals surface area contributed by atoms with E-state index in [0.717, 1.165) is 5.56 Å². The van der Waals surface area contributed by atoms with Gasteiger partial charge in [0.2, 0.25) is 0 Å². The number of carbonyl (C=O) groups excluding carboxylic acids is 1. The lowest BCUT2D eigenvalue weighted by Gasteiger charge is -1.97. The molecule has 0 fully saturated rings. The van der Waals surface area contributed by atoms with Gasteiger partial charge in [-0.2, -0.15) is 0 Å². The Morgan fingerprint density at radius 3 is 2.72 bits per heavy atom. The van der Waals surface area contributed by atoms with E-state index in [9.17, 15) is 9.59 Å². The molecule has 0 spiro atoms. The molecule has 3 rings (SSSR count). The van der Waals surface area contributed by atoms with E-state index in [2.05, 4.69) is 0 Å². The summed E-state index contributed by atoms with van der Waals surface area (Å²) in [6.45, 7) is 0. The molecule has 1 aromatic carbocycles. The van der Waals surface area contributed by atoms with Gasteiger partial charge in [-0.3, -0.25) is 9.36 Å². The topological polar surface area (TPSA) is 65.3 Å². The molecule has 0 N–H and O–H groups in total. The number of aldehydes is 1. The van der Waals surface area contributed by atoms with E-state index in [1.807, 2.05) is 0 Å². The fraction of sp³-hybridized carbons (Fsp3) is 0.0769. The van der Waals surface area contributed by atoms with Gasteiger partial charge >= 0.3 is 5.76 Å². The highest BCUT2D eigenvalue weighted by molar-refractivity contribution is 5.80. The quantitative estimate of drug-likeness (QED) is 0.647. The van der Waals surface area contributed by atoms with Gasteiger partial charge in [-0.1, -0.05) is 0 Å². The van der Waals surface area contributed by atoms with Crippen LogP contribution in [-0.4, -0.2) is 10.9 Å². The Kier molecular flexibility index (Phi) is 2.19. The molecule has 0 saturated carbocycles. The van der Waals surface area contributed by atoms with Crippen molar-refractivity contribution in [3.63, 3.8) is 0 Å². The smallest absolute Gasteiger partial charge is 0.419 e. The van der Waals surface area contributed by atoms with Gasteiger partial charge in [-0.15, -0.1) is 0 Å². The first-order chi connectivity index (χ1) is 8.69. The highest BCUT2D eigenvalue weighted by Crippen LogP contribution is 2.25. The minimum absolute atomic E-state index is 0.270. The molecule has 0 amide bonds. The van der Waals surface area contributed by atoms with Gasteiger partial charge in [0.15, 0.2) is 17.6 Å². The minimum atomic E-state index is -0.407. The predicted octanol–water partition coefficient (Wildman–Crippen LogP) is 2.20. The molecule has 90 valence electrons. The summed E-state index contributed by atoms with van der Waals surface area (Å²) in [5.74, 6) is 0.439. The van der Waals surface area contributed by atoms with Crippen molar-refractivity contribution in [1.29, 1.82) is 0 Å². The molecule has 2 aromatic heterocycles. The monoisotopic (exact) mass is 243 g/mol. The molecule has 3 aromatic rings. The second kappa shape index (κ2) is 3.73. The fourth-order valence-corrected chi connectivity index (χ4v) is 1.85. The van der Waals surface area contributed by atoms with Crippen LogP contribution in [0.2, 0.25) is 0 Å². The minimum Gasteiger partial charge on any atom is -0.453 e. The summed E-state index contributed by atoms with van der Waals surface area (Å²) in [6.07, 6.45) is 0.648. The largest absolute Gasteiger partial charge is 0.453 e. The van der Waals surface area contributed by atoms with Crippen LogP contribution in [-0.2, 0) is 7.05 Å². The lowest BCUT2D eigenvalue weighted by molar-refractivity contribution is 0.110. The van der Waals surface area contributed by atoms with E-state index < -0.39 is 5.76 Å². The average molecular weight is 243 g/mol. The number of rotatable bonds is 2. The zero-order valence-electron chi connectivity index (χ0n) is 9.54. The van der Waals surface area contributed by atoms with Crippen molar-refractivity contribution in [3.8, 4) is 11.3 Å². The number of hydrogen-bond acceptors (Lipinski definition) is 4. The zero-order valence-corrected chi connectivity index (χ0v) is 9.54. The summed E-state index contributed by atoms with van der Waals surface area (Å²) in [5, 5.41) is 0. The molecular formula is C13H9NO4. The maximum Gasteiger partial charge on any atom is 0.419 e. The fourth-order valence-electron chi connectivity index (χ4n) is 1.85. The third kappa shape index (κ3) is 1.48. The average Bonchev–Trinajstić information content (AvgIpc) is 2.96. The van der Waals surface area contributed by atoms with Gasteiger partial charge in [0.1, 0.15) is 5.76 Å². The number of oxazole rings is 1. The van der Waals surface area contributed by atoms with E-state index in [1.165, 1.54) is 4.57 Å². The van der Waals surface area contributed by atoms with Crippen LogP contribution in [0.1, 0.15) is 10.6 Å². The Balaban J connectivity index is 2.20. The molecule has 0 radical (unpaired) electrons. The van der Waals surface area contributed by atoms with Gasteiger partial charge in [0.05, 0.1) is 5.52 Å². The molecule has 0 aliphatic rings. The van der Waals surface area contributed by atoms with E-state index >= 15 is 0 Å². The second-order valence-corrected chi connectivity index (χ2v) is 3.93. The molecule has 5 nitrogen and oxygen atoms in total. The molecule has 2 heterocycles. The Morgan fingerprint density at radius 2 is 2.00 bits per heavy atom. The molecule has 0 unspecified atom stereocenters. The van der Waals surface area contributed by atoms with Crippen molar-refractivity contribution < 1.29 is 13.6 Å². The Labute approximate surface area is 101 Å². The summed E-state index contributed by atoms with van der Waals surface area (Å²) in [4.78, 5) is 21.9. The summed E-state index contributed by atoms with van der Waals surface area (Å²) in [6, 6.07) is 8.57. The summed E-state index contributed by atoms with van der Waals surface area (Å²) in [5.41, 5.74) is 1.99. The number of aromatic nitrogens is 1. The molecular weight excluding hydrogens is 234 g/mol. The van der Waals surface area contributed by atoms with Gasteiger partial charge in [0, 0.05) is 12.6 Å². The Bertz CT molecular complexity index is 791. The zero-order chi connectivity index (χ0) is 12.7. The van der Waals surface area contributed by atoms with Crippen LogP contribution in [0.4, 0.5) is 0 Å². The van der Waals surface area contributed by atoms with Crippen molar-refractivity contribution in [2.75, 3.05) is 0 Å². The van der Waals surface area contributed by atoms with Crippen molar-refractivity contribution in [2.24, 2.45) is 7.05 Å². The molecule has 0 aliphatic heterocycles. The highest BCUT2D eigenvalue weighted by atomic mass is 16.4. The van der Waals surface area contributed by atoms with Gasteiger partial charge < -0.3 is 8.83 Å². The standard InChI is InChI=1S/C13H9NO4/c1-14-10-6-8(2-4-12(10)18-13(14)16)11-5-3-9(7-15)17-11/h2-7H,1H3. The van der Waals surface area contributed by atoms with Crippen LogP contribution in [0.15, 0.2) is 44.0 Å². The molecule has 5 heteroatoms. The third-order valence-electron chi connectivity index (χ3n) is 2.82. The van der Waals surface area contributed by atoms with Crippen LogP contribution in [0.3, 0.4) is 0 Å². The first kappa shape index (κ1) is 10.6. The van der Waals surface area contributed by atoms with E-state index in [4.69, 9.17) is 8.83 Å². The summed E-state index contributed by atoms with van der Waals surface area (Å²) < 4.78 is 11.8. The number of carbonyl (C=O) groups is 1. The van der Waals surface area contributed by atoms with E-state index in [1.54, 1.807) is 37.4 Å². The molecule has 0 atom stereocenters. The Hall–Kier alpha value is -2.56. The summed E-state index contributed by atoms with van der Waals surface area (Å²) in [7, 11) is 1.64. The maximum atomic E-state index is 11.4. The van der Waals surface area contributed by atoms with E-state index in [-0.39, 0.29) is 5.76 Å². The predicted molar refractivity (Wildman–Crippen MR) is 64.5 cm³/mol. The van der Waals surface area contributed by atoms with Gasteiger partial charge in [-0.25, -0.2) is 4.79 Å². The highest BCUT2D eigenvalue weighted by Gasteiger charge is 2.09. The first-order valence-electron chi connectivity index (χ1n) is 5.34. The van der Waals surface area contributed by atoms with Crippen LogP contribution in [0.5, 0.6) is 0 Å². The lowest BCUT2D eigenvalue weighted by Crippen LogP contribution is -2.08. The van der Waals surface area contributed by atoms with Crippen molar-refractivity contribution >= 4 is 17.4 Å². The molecule has 0 bridgehead atoms. The van der Waals surface area contributed by atoms with Crippen LogP contribution in [0.25, 0.3) is 22.4 Å². The molecule has 18 heavy (non-hydrogen) atoms. The number of nitrogens with zero attached hydrogens (tertiary/aromatic N) is 1. The maximum absolute atomic E-state index is 11.4. The van der Waals surface area contributed by atoms with Crippen LogP contribution >= 0.6 is 0 Å². The van der Waals surface area contributed by atoms with Crippen LogP contribution in [0, 0.1) is 0 Å². The lowest BCUT2D eigenvalue weighted by atomic mass is 10.1. The number of benzene rings is 1. The normalized spacial score (nSPS) is 10.9. The van der Waals surface area contributed by atoms with Gasteiger partial charge in [0.25, 0.3) is 0 Å². The number of hydrogen-bond donors (Lipinski definition) is 0. The SMILES string of the molecule is Cn1c(=O)oc2ccc(-c3ccc(C=O)o3)cc21. The number of fused-ring (bicyclic) bond motifs is 1. The second-order valence-electron chi connectivity index (χ2n) is 3.93. The Morgan fingerprint density at radius 1 is 1.17 bits per heavy atom. The number of furan rings is 1. The van der Waals surface area contributed by atoms with Gasteiger partial charge in [-0.05, 0) is 30.3 Å². The van der Waals surface area contributed by atoms with Crippen molar-refractivity contribution in [2.45, 2.75) is 0 Å². The summed E-state index contributed by atoms with van der Waals surface area (Å²) >= 11 is 0. The van der Waals surface area contributed by atoms with E-state index in [0.29, 0.717) is 23.1 Å². The third-order valence-corrected chi connectivity index (χ3v) is 2.82. The van der Waals surface area contributed by atoms with Crippen LogP contribution < -0.4 is 5.76 Å².